The molecule has 114 valence electrons. The van der Waals surface area contributed by atoms with Crippen LogP contribution in [0.4, 0.5) is 0 Å². The van der Waals surface area contributed by atoms with Gasteiger partial charge in [-0.2, -0.15) is 0 Å². The van der Waals surface area contributed by atoms with Gasteiger partial charge in [0, 0.05) is 17.2 Å². The van der Waals surface area contributed by atoms with Crippen LogP contribution in [0.2, 0.25) is 0 Å². The molecule has 0 amide bonds. The minimum atomic E-state index is -2.21. The van der Waals surface area contributed by atoms with Crippen molar-refractivity contribution in [2.45, 2.75) is 0 Å². The number of fused-ring (bicyclic) bond motifs is 3. The van der Waals surface area contributed by atoms with Crippen molar-refractivity contribution in [3.8, 4) is 5.69 Å². The molecule has 4 aromatic rings. The van der Waals surface area contributed by atoms with Crippen molar-refractivity contribution in [1.29, 1.82) is 0 Å². The van der Waals surface area contributed by atoms with Crippen molar-refractivity contribution in [2.24, 2.45) is 0 Å². The van der Waals surface area contributed by atoms with Gasteiger partial charge < -0.3 is 4.57 Å². The lowest BCUT2D eigenvalue weighted by atomic mass is 10.3. The van der Waals surface area contributed by atoms with Gasteiger partial charge in [0.05, 0.1) is 0 Å². The first-order valence-corrected chi connectivity index (χ1v) is 10.3. The van der Waals surface area contributed by atoms with Crippen LogP contribution in [0.15, 0.2) is 103 Å². The van der Waals surface area contributed by atoms with E-state index in [4.69, 9.17) is 0 Å². The van der Waals surface area contributed by atoms with E-state index >= 15 is 0 Å². The number of hydrogen-bond donors (Lipinski definition) is 0. The van der Waals surface area contributed by atoms with Crippen molar-refractivity contribution in [3.05, 3.63) is 103 Å². The summed E-state index contributed by atoms with van der Waals surface area (Å²) in [5.74, 6) is 0. The minimum Gasteiger partial charge on any atom is -0.324 e. The highest BCUT2D eigenvalue weighted by Gasteiger charge is 2.48. The predicted octanol–water partition coefficient (Wildman–Crippen LogP) is 2.17. The van der Waals surface area contributed by atoms with Gasteiger partial charge in [0.15, 0.2) is 0 Å². The fourth-order valence-electron chi connectivity index (χ4n) is 4.19. The lowest BCUT2D eigenvalue weighted by molar-refractivity contribution is 1.14. The average molecular weight is 323 g/mol. The van der Waals surface area contributed by atoms with Crippen molar-refractivity contribution < 1.29 is 0 Å². The minimum absolute atomic E-state index is 1.33. The summed E-state index contributed by atoms with van der Waals surface area (Å²) in [4.78, 5) is 0. The van der Waals surface area contributed by atoms with E-state index in [9.17, 15) is 0 Å². The maximum Gasteiger partial charge on any atom is 0.201 e. The van der Waals surface area contributed by atoms with E-state index in [0.29, 0.717) is 0 Å². The lowest BCUT2D eigenvalue weighted by Gasteiger charge is -2.29. The second-order valence-electron chi connectivity index (χ2n) is 6.26. The van der Waals surface area contributed by atoms with Crippen molar-refractivity contribution in [2.75, 3.05) is 0 Å². The van der Waals surface area contributed by atoms with Crippen LogP contribution >= 0.6 is 0 Å². The molecule has 0 spiro atoms. The van der Waals surface area contributed by atoms with Gasteiger partial charge in [-0.15, -0.1) is 0 Å². The van der Waals surface area contributed by atoms with E-state index in [1.807, 2.05) is 0 Å². The van der Waals surface area contributed by atoms with Crippen LogP contribution in [0, 0.1) is 0 Å². The summed E-state index contributed by atoms with van der Waals surface area (Å²) >= 11 is 0. The van der Waals surface area contributed by atoms with Crippen molar-refractivity contribution in [3.63, 3.8) is 0 Å². The zero-order valence-electron chi connectivity index (χ0n) is 13.3. The standard InChI is InChI=1S/C22H17NSi/c1-3-10-18(11-4-1)24(19-12-5-2-6-13-19)21-15-8-7-14-20(21)23-17-9-16-22(23)24/h1-17H. The molecule has 1 nitrogen and oxygen atoms in total. The van der Waals surface area contributed by atoms with E-state index in [-0.39, 0.29) is 0 Å². The first kappa shape index (κ1) is 13.6. The number of hydrogen-bond acceptors (Lipinski definition) is 0. The summed E-state index contributed by atoms with van der Waals surface area (Å²) in [5.41, 5.74) is 1.33. The molecule has 0 aliphatic carbocycles. The Morgan fingerprint density at radius 1 is 0.542 bits per heavy atom. The van der Waals surface area contributed by atoms with Crippen LogP contribution in [-0.2, 0) is 0 Å². The third kappa shape index (κ3) is 1.63. The largest absolute Gasteiger partial charge is 0.324 e. The molecule has 0 atom stereocenters. The molecule has 0 radical (unpaired) electrons. The number of benzene rings is 3. The zero-order valence-corrected chi connectivity index (χ0v) is 14.3. The Labute approximate surface area is 142 Å². The molecule has 3 aromatic carbocycles. The van der Waals surface area contributed by atoms with Crippen LogP contribution in [0.25, 0.3) is 5.69 Å². The molecule has 0 fully saturated rings. The highest BCUT2D eigenvalue weighted by Crippen LogP contribution is 2.20. The fourth-order valence-corrected chi connectivity index (χ4v) is 9.23. The summed E-state index contributed by atoms with van der Waals surface area (Å²) in [7, 11) is -2.21. The highest BCUT2D eigenvalue weighted by molar-refractivity contribution is 7.20. The van der Waals surface area contributed by atoms with Crippen LogP contribution in [0.1, 0.15) is 0 Å². The Hall–Kier alpha value is -2.84. The molecule has 5 rings (SSSR count). The average Bonchev–Trinajstić information content (AvgIpc) is 3.24. The Balaban J connectivity index is 1.97. The molecule has 0 unspecified atom stereocenters. The molecule has 1 aliphatic rings. The summed E-state index contributed by atoms with van der Waals surface area (Å²) in [5, 5.41) is 5.82. The van der Waals surface area contributed by atoms with E-state index in [2.05, 4.69) is 108 Å². The third-order valence-electron chi connectivity index (χ3n) is 5.11. The Bertz CT molecular complexity index is 963. The number of nitrogens with zero attached hydrogens (tertiary/aromatic N) is 1. The third-order valence-corrected chi connectivity index (χ3v) is 9.92. The number of para-hydroxylation sites is 1. The van der Waals surface area contributed by atoms with Gasteiger partial charge in [0.2, 0.25) is 8.07 Å². The first-order chi connectivity index (χ1) is 11.9. The second kappa shape index (κ2) is 5.08. The van der Waals surface area contributed by atoms with Gasteiger partial charge in [0.1, 0.15) is 0 Å². The molecule has 2 heterocycles. The van der Waals surface area contributed by atoms with E-state index < -0.39 is 8.07 Å². The SMILES string of the molecule is c1ccc([Si]2(c3ccccc3)c3ccccc3-n3cccc32)cc1. The fraction of sp³-hybridized carbons (Fsp3) is 0. The molecular weight excluding hydrogens is 306 g/mol. The Morgan fingerprint density at radius 2 is 1.12 bits per heavy atom. The summed E-state index contributed by atoms with van der Waals surface area (Å²) in [6.07, 6.45) is 2.20. The molecule has 1 aliphatic heterocycles. The van der Waals surface area contributed by atoms with Gasteiger partial charge in [-0.3, -0.25) is 0 Å². The lowest BCUT2D eigenvalue weighted by Crippen LogP contribution is -2.73. The molecule has 0 saturated carbocycles. The van der Waals surface area contributed by atoms with Gasteiger partial charge in [-0.25, -0.2) is 0 Å². The highest BCUT2D eigenvalue weighted by atomic mass is 28.3. The topological polar surface area (TPSA) is 4.93 Å². The maximum absolute atomic E-state index is 2.39. The predicted molar refractivity (Wildman–Crippen MR) is 103 cm³/mol. The van der Waals surface area contributed by atoms with Gasteiger partial charge >= 0.3 is 0 Å². The summed E-state index contributed by atoms with van der Waals surface area (Å²) in [6, 6.07) is 35.5. The molecule has 0 N–H and O–H groups in total. The van der Waals surface area contributed by atoms with Gasteiger partial charge in [-0.05, 0) is 33.8 Å². The van der Waals surface area contributed by atoms with Crippen molar-refractivity contribution >= 4 is 29.0 Å². The Morgan fingerprint density at radius 3 is 1.79 bits per heavy atom. The molecule has 0 saturated heterocycles. The molecule has 24 heavy (non-hydrogen) atoms. The van der Waals surface area contributed by atoms with Gasteiger partial charge in [-0.1, -0.05) is 78.9 Å². The number of aromatic nitrogens is 1. The maximum atomic E-state index is 2.39. The monoisotopic (exact) mass is 323 g/mol. The molecule has 2 heteroatoms. The van der Waals surface area contributed by atoms with Gasteiger partial charge in [0.25, 0.3) is 0 Å². The van der Waals surface area contributed by atoms with Crippen LogP contribution in [0.5, 0.6) is 0 Å². The number of rotatable bonds is 2. The smallest absolute Gasteiger partial charge is 0.201 e. The Kier molecular flexibility index (Phi) is 2.88. The van der Waals surface area contributed by atoms with Crippen molar-refractivity contribution in [1.82, 2.24) is 4.57 Å². The van der Waals surface area contributed by atoms with Crippen LogP contribution in [-0.4, -0.2) is 12.6 Å². The summed E-state index contributed by atoms with van der Waals surface area (Å²) < 4.78 is 2.39. The zero-order chi connectivity index (χ0) is 16.0. The van der Waals surface area contributed by atoms with Crippen LogP contribution in [0.3, 0.4) is 0 Å². The van der Waals surface area contributed by atoms with E-state index in [1.165, 1.54) is 26.6 Å². The molecular formula is C22H17NSi. The molecule has 0 bridgehead atoms. The molecule has 1 aromatic heterocycles. The van der Waals surface area contributed by atoms with E-state index in [1.54, 1.807) is 0 Å². The first-order valence-electron chi connectivity index (χ1n) is 8.31. The summed E-state index contributed by atoms with van der Waals surface area (Å²) in [6.45, 7) is 0. The second-order valence-corrected chi connectivity index (χ2v) is 9.97. The normalized spacial score (nSPS) is 14.2. The quantitative estimate of drug-likeness (QED) is 0.439. The van der Waals surface area contributed by atoms with Crippen LogP contribution < -0.4 is 20.9 Å². The van der Waals surface area contributed by atoms with E-state index in [0.717, 1.165) is 0 Å².